The van der Waals surface area contributed by atoms with Crippen LogP contribution in [0.4, 0.5) is 0 Å². The van der Waals surface area contributed by atoms with Crippen LogP contribution in [0.25, 0.3) is 0 Å². The number of ether oxygens (including phenoxy) is 4. The lowest BCUT2D eigenvalue weighted by Crippen LogP contribution is -2.40. The Hall–Kier alpha value is -5.87. The maximum atomic E-state index is 13.0. The number of aliphatic carboxylic acids is 1. The smallest absolute Gasteiger partial charge is 0.361 e. The van der Waals surface area contributed by atoms with Gasteiger partial charge in [0.2, 0.25) is 0 Å². The van der Waals surface area contributed by atoms with Gasteiger partial charge in [-0.15, -0.1) is 0 Å². The van der Waals surface area contributed by atoms with E-state index in [1.165, 1.54) is 116 Å². The quantitative estimate of drug-likeness (QED) is 0.0211. The van der Waals surface area contributed by atoms with Gasteiger partial charge in [-0.1, -0.05) is 337 Å². The predicted molar refractivity (Wildman–Crippen MR) is 428 cm³/mol. The number of carbonyl (C=O) groups excluding carboxylic acids is 2. The SMILES string of the molecule is CC/C=C\C/C=C\C/C=C\C/C=C\C/C=C\C/C=C\C/C=C\C/C=C\C/C=C\C/C=C\CCCCCCCCCCCCC(=O)OC(COC(=O)CCCCCCCCCCCCCCCC/C=C\C/C=C\C/C=C\C/C=C\C/C=C\C/C=C\CC)COC(OCC[N+](C)(C)C)C(=O)O. The maximum Gasteiger partial charge on any atom is 0.361 e. The molecule has 0 heterocycles. The molecular formula is C90H146NO8+. The molecule has 558 valence electrons. The highest BCUT2D eigenvalue weighted by Crippen LogP contribution is 2.17. The molecule has 0 aromatic carbocycles. The number of allylic oxidation sites excluding steroid dienone is 32. The fourth-order valence-electron chi connectivity index (χ4n) is 10.4. The number of hydrogen-bond acceptors (Lipinski definition) is 7. The average Bonchev–Trinajstić information content (AvgIpc) is 2.62. The van der Waals surface area contributed by atoms with Crippen molar-refractivity contribution in [2.24, 2.45) is 0 Å². The molecule has 0 amide bonds. The first kappa shape index (κ1) is 93.1. The largest absolute Gasteiger partial charge is 0.477 e. The minimum atomic E-state index is -1.52. The van der Waals surface area contributed by atoms with Crippen molar-refractivity contribution in [3.8, 4) is 0 Å². The Kier molecular flexibility index (Phi) is 73.2. The summed E-state index contributed by atoms with van der Waals surface area (Å²) in [6, 6.07) is 0. The molecule has 9 heteroatoms. The van der Waals surface area contributed by atoms with Crippen molar-refractivity contribution in [3.05, 3.63) is 194 Å². The van der Waals surface area contributed by atoms with Gasteiger partial charge in [-0.3, -0.25) is 9.59 Å². The first-order chi connectivity index (χ1) is 48.6. The molecule has 0 rings (SSSR count). The number of rotatable bonds is 71. The highest BCUT2D eigenvalue weighted by molar-refractivity contribution is 5.71. The van der Waals surface area contributed by atoms with E-state index in [2.05, 4.69) is 208 Å². The minimum Gasteiger partial charge on any atom is -0.477 e. The van der Waals surface area contributed by atoms with E-state index in [4.69, 9.17) is 18.9 Å². The summed E-state index contributed by atoms with van der Waals surface area (Å²) >= 11 is 0. The van der Waals surface area contributed by atoms with Gasteiger partial charge in [-0.25, -0.2) is 4.79 Å². The van der Waals surface area contributed by atoms with E-state index in [-0.39, 0.29) is 32.2 Å². The summed E-state index contributed by atoms with van der Waals surface area (Å²) in [6.07, 6.45) is 117. The second-order valence-electron chi connectivity index (χ2n) is 26.9. The number of quaternary nitrogens is 1. The molecule has 0 saturated carbocycles. The molecule has 1 N–H and O–H groups in total. The van der Waals surface area contributed by atoms with E-state index >= 15 is 0 Å². The molecule has 2 unspecified atom stereocenters. The summed E-state index contributed by atoms with van der Waals surface area (Å²) < 4.78 is 23.0. The molecule has 0 aliphatic carbocycles. The third-order valence-electron chi connectivity index (χ3n) is 16.3. The summed E-state index contributed by atoms with van der Waals surface area (Å²) in [5, 5.41) is 9.78. The van der Waals surface area contributed by atoms with Crippen LogP contribution < -0.4 is 0 Å². The highest BCUT2D eigenvalue weighted by atomic mass is 16.7. The van der Waals surface area contributed by atoms with Crippen LogP contribution in [0, 0.1) is 0 Å². The number of carbonyl (C=O) groups is 3. The van der Waals surface area contributed by atoms with Gasteiger partial charge in [-0.2, -0.15) is 0 Å². The molecule has 99 heavy (non-hydrogen) atoms. The van der Waals surface area contributed by atoms with E-state index < -0.39 is 24.3 Å². The van der Waals surface area contributed by atoms with E-state index in [0.717, 1.165) is 148 Å². The van der Waals surface area contributed by atoms with Crippen LogP contribution in [-0.4, -0.2) is 87.4 Å². The number of carboxylic acids is 1. The number of hydrogen-bond donors (Lipinski definition) is 1. The molecule has 2 atom stereocenters. The van der Waals surface area contributed by atoms with E-state index in [9.17, 15) is 19.5 Å². The van der Waals surface area contributed by atoms with Gasteiger partial charge in [0.25, 0.3) is 6.29 Å². The molecular weight excluding hydrogens is 1220 g/mol. The monoisotopic (exact) mass is 1370 g/mol. The average molecular weight is 1370 g/mol. The van der Waals surface area contributed by atoms with Crippen LogP contribution in [-0.2, 0) is 33.3 Å². The molecule has 0 saturated heterocycles. The molecule has 0 aromatic rings. The third kappa shape index (κ3) is 79.3. The fraction of sp³-hybridized carbons (Fsp3) is 0.611. The van der Waals surface area contributed by atoms with E-state index in [0.29, 0.717) is 23.9 Å². The maximum absolute atomic E-state index is 13.0. The van der Waals surface area contributed by atoms with Crippen LogP contribution in [0.15, 0.2) is 194 Å². The van der Waals surface area contributed by atoms with Gasteiger partial charge in [0.15, 0.2) is 6.10 Å². The Balaban J connectivity index is 4.12. The summed E-state index contributed by atoms with van der Waals surface area (Å²) in [7, 11) is 5.97. The first-order valence-electron chi connectivity index (χ1n) is 39.6. The second-order valence-corrected chi connectivity index (χ2v) is 26.9. The normalized spacial score (nSPS) is 13.7. The Labute approximate surface area is 608 Å². The lowest BCUT2D eigenvalue weighted by Gasteiger charge is -2.25. The number of unbranched alkanes of at least 4 members (excludes halogenated alkanes) is 24. The van der Waals surface area contributed by atoms with Crippen LogP contribution >= 0.6 is 0 Å². The topological polar surface area (TPSA) is 108 Å². The van der Waals surface area contributed by atoms with Crippen LogP contribution in [0.2, 0.25) is 0 Å². The van der Waals surface area contributed by atoms with Crippen molar-refractivity contribution in [3.63, 3.8) is 0 Å². The van der Waals surface area contributed by atoms with Crippen LogP contribution in [0.5, 0.6) is 0 Å². The lowest BCUT2D eigenvalue weighted by atomic mass is 10.0. The van der Waals surface area contributed by atoms with Crippen molar-refractivity contribution < 1.29 is 42.9 Å². The van der Waals surface area contributed by atoms with E-state index in [1.807, 2.05) is 21.1 Å². The molecule has 0 radical (unpaired) electrons. The second kappa shape index (κ2) is 77.9. The predicted octanol–water partition coefficient (Wildman–Crippen LogP) is 25.7. The molecule has 9 nitrogen and oxygen atoms in total. The fourth-order valence-corrected chi connectivity index (χ4v) is 10.4. The summed E-state index contributed by atoms with van der Waals surface area (Å²) in [6.45, 7) is 4.64. The van der Waals surface area contributed by atoms with Gasteiger partial charge in [0, 0.05) is 12.8 Å². The van der Waals surface area contributed by atoms with Gasteiger partial charge in [0.05, 0.1) is 34.4 Å². The first-order valence-corrected chi connectivity index (χ1v) is 39.6. The zero-order chi connectivity index (χ0) is 71.8. The van der Waals surface area contributed by atoms with Crippen molar-refractivity contribution in [1.29, 1.82) is 0 Å². The highest BCUT2D eigenvalue weighted by Gasteiger charge is 2.25. The molecule has 0 fully saturated rings. The third-order valence-corrected chi connectivity index (χ3v) is 16.3. The van der Waals surface area contributed by atoms with Gasteiger partial charge in [0.1, 0.15) is 13.2 Å². The van der Waals surface area contributed by atoms with Crippen molar-refractivity contribution >= 4 is 17.9 Å². The van der Waals surface area contributed by atoms with Gasteiger partial charge < -0.3 is 28.5 Å². The molecule has 0 spiro atoms. The Bertz CT molecular complexity index is 2340. The minimum absolute atomic E-state index is 0.178. The Morgan fingerprint density at radius 1 is 0.303 bits per heavy atom. The van der Waals surface area contributed by atoms with E-state index in [1.54, 1.807) is 0 Å². The number of carboxylic acid groups (broad SMARTS) is 1. The number of esters is 2. The lowest BCUT2D eigenvalue weighted by molar-refractivity contribution is -0.870. The molecule has 0 aromatic heterocycles. The molecule has 0 aliphatic rings. The summed E-state index contributed by atoms with van der Waals surface area (Å²) in [5.74, 6) is -2.02. The van der Waals surface area contributed by atoms with Crippen LogP contribution in [0.1, 0.15) is 296 Å². The van der Waals surface area contributed by atoms with Crippen molar-refractivity contribution in [2.75, 3.05) is 47.5 Å². The zero-order valence-electron chi connectivity index (χ0n) is 63.8. The molecule has 0 aliphatic heterocycles. The summed E-state index contributed by atoms with van der Waals surface area (Å²) in [4.78, 5) is 37.7. The Morgan fingerprint density at radius 2 is 0.545 bits per heavy atom. The van der Waals surface area contributed by atoms with Crippen molar-refractivity contribution in [2.45, 2.75) is 309 Å². The standard InChI is InChI=1S/C90H145NO8/c1-6-8-10-12-14-16-18-20-22-24-26-28-30-32-34-36-38-40-41-42-43-44-45-46-47-49-51-53-55-57-59-61-63-65-67-69-71-73-75-77-79-81-88(93)99-86(85-98-90(89(94)95)96-83-82-91(3,4)5)84-97-87(92)80-78-76-74-72-70-68-66-64-62-60-58-56-54-52-50-48-39-37-35-33-31-29-27-25-23-21-19-17-15-13-11-9-7-2/h8-11,14-17,20-23,26-29,32-35,38-40,42-43,45-46,48-49,51,55,57,86,90H,6-7,12-13,18-19,24-25,30-31,36-37,41,44,47,50,52-54,56,58-85H2,1-5H3/p+1/b10-8-,11-9-,16-14-,17-15-,22-20-,23-21-,28-26-,29-27-,34-32-,35-33-,40-38-,43-42-,46-45-,48-39-,51-49-,57-55-. The van der Waals surface area contributed by atoms with Gasteiger partial charge >= 0.3 is 17.9 Å². The number of likely N-dealkylation sites (N-methyl/N-ethyl adjacent to an activating group) is 1. The van der Waals surface area contributed by atoms with Gasteiger partial charge in [-0.05, 0) is 141 Å². The summed E-state index contributed by atoms with van der Waals surface area (Å²) in [5.41, 5.74) is 0. The van der Waals surface area contributed by atoms with Crippen molar-refractivity contribution in [1.82, 2.24) is 0 Å². The van der Waals surface area contributed by atoms with Crippen LogP contribution in [0.3, 0.4) is 0 Å². The zero-order valence-corrected chi connectivity index (χ0v) is 63.8. The Morgan fingerprint density at radius 3 is 0.808 bits per heavy atom. The number of nitrogens with zero attached hydrogens (tertiary/aromatic N) is 1. The molecule has 0 bridgehead atoms.